The maximum Gasteiger partial charge on any atom is 0.346 e. The molecular weight excluding hydrogens is 304 g/mol. The Morgan fingerprint density at radius 1 is 1.12 bits per heavy atom. The molecule has 120 valence electrons. The molecule has 0 bridgehead atoms. The van der Waals surface area contributed by atoms with Crippen LogP contribution in [0.15, 0.2) is 76.8 Å². The summed E-state index contributed by atoms with van der Waals surface area (Å²) in [5.74, 6) is 1.24. The van der Waals surface area contributed by atoms with E-state index in [2.05, 4.69) is 20.5 Å². The molecular formula is C18H16N4O2. The number of hydrogen-bond acceptors (Lipinski definition) is 5. The quantitative estimate of drug-likeness (QED) is 0.541. The van der Waals surface area contributed by atoms with Crippen LogP contribution in [-0.4, -0.2) is 16.2 Å². The second kappa shape index (κ2) is 7.73. The highest BCUT2D eigenvalue weighted by Crippen LogP contribution is 2.14. The van der Waals surface area contributed by atoms with Crippen LogP contribution in [0, 0.1) is 0 Å². The van der Waals surface area contributed by atoms with Crippen LogP contribution in [-0.2, 0) is 6.61 Å². The number of aromatic nitrogens is 2. The summed E-state index contributed by atoms with van der Waals surface area (Å²) in [7, 11) is 0. The average molecular weight is 320 g/mol. The number of hydrogen-bond donors (Lipinski definition) is 2. The summed E-state index contributed by atoms with van der Waals surface area (Å²) in [6.45, 7) is 0.512. The van der Waals surface area contributed by atoms with Crippen LogP contribution in [0.25, 0.3) is 0 Å². The molecule has 3 aromatic rings. The topological polar surface area (TPSA) is 79.4 Å². The van der Waals surface area contributed by atoms with Gasteiger partial charge in [-0.15, -0.1) is 0 Å². The number of benzene rings is 2. The first kappa shape index (κ1) is 15.5. The van der Waals surface area contributed by atoms with Crippen LogP contribution < -0.4 is 15.9 Å². The second-order valence-corrected chi connectivity index (χ2v) is 5.01. The van der Waals surface area contributed by atoms with E-state index >= 15 is 0 Å². The third-order valence-corrected chi connectivity index (χ3v) is 3.18. The smallest absolute Gasteiger partial charge is 0.346 e. The van der Waals surface area contributed by atoms with Gasteiger partial charge < -0.3 is 4.74 Å². The molecule has 0 amide bonds. The number of aromatic amines is 1. The molecule has 0 saturated heterocycles. The Labute approximate surface area is 138 Å². The fourth-order valence-corrected chi connectivity index (χ4v) is 2.04. The van der Waals surface area contributed by atoms with Gasteiger partial charge in [0.05, 0.1) is 6.21 Å². The van der Waals surface area contributed by atoms with Gasteiger partial charge in [-0.05, 0) is 29.3 Å². The summed E-state index contributed by atoms with van der Waals surface area (Å²) < 4.78 is 5.78. The first-order chi connectivity index (χ1) is 11.8. The van der Waals surface area contributed by atoms with Crippen LogP contribution in [0.4, 0.5) is 5.82 Å². The van der Waals surface area contributed by atoms with E-state index in [4.69, 9.17) is 4.74 Å². The van der Waals surface area contributed by atoms with Gasteiger partial charge in [0, 0.05) is 6.20 Å². The zero-order valence-corrected chi connectivity index (χ0v) is 12.8. The van der Waals surface area contributed by atoms with Crippen LogP contribution in [0.5, 0.6) is 5.75 Å². The summed E-state index contributed by atoms with van der Waals surface area (Å²) in [4.78, 5) is 17.2. The molecule has 1 aromatic heterocycles. The Morgan fingerprint density at radius 3 is 2.83 bits per heavy atom. The second-order valence-electron chi connectivity index (χ2n) is 5.01. The minimum atomic E-state index is -0.425. The van der Waals surface area contributed by atoms with Crippen molar-refractivity contribution >= 4 is 12.0 Å². The first-order valence-corrected chi connectivity index (χ1v) is 7.41. The van der Waals surface area contributed by atoms with E-state index < -0.39 is 5.69 Å². The Bertz CT molecular complexity index is 875. The van der Waals surface area contributed by atoms with Gasteiger partial charge in [-0.25, -0.2) is 9.78 Å². The highest BCUT2D eigenvalue weighted by atomic mass is 16.5. The lowest BCUT2D eigenvalue weighted by Crippen LogP contribution is -2.10. The number of hydrazone groups is 1. The van der Waals surface area contributed by atoms with Gasteiger partial charge >= 0.3 is 5.69 Å². The molecule has 1 heterocycles. The molecule has 0 spiro atoms. The fraction of sp³-hybridized carbons (Fsp3) is 0.0556. The molecule has 0 saturated carbocycles. The van der Waals surface area contributed by atoms with Crippen molar-refractivity contribution < 1.29 is 4.74 Å². The van der Waals surface area contributed by atoms with Crippen LogP contribution >= 0.6 is 0 Å². The largest absolute Gasteiger partial charge is 0.489 e. The molecule has 0 fully saturated rings. The van der Waals surface area contributed by atoms with Gasteiger partial charge in [-0.3, -0.25) is 10.4 Å². The molecule has 3 rings (SSSR count). The number of nitrogens with one attached hydrogen (secondary N) is 2. The molecule has 2 aromatic carbocycles. The van der Waals surface area contributed by atoms with E-state index in [-0.39, 0.29) is 0 Å². The highest BCUT2D eigenvalue weighted by molar-refractivity contribution is 5.80. The van der Waals surface area contributed by atoms with Gasteiger partial charge in [0.15, 0.2) is 0 Å². The number of anilines is 1. The molecule has 0 unspecified atom stereocenters. The van der Waals surface area contributed by atoms with Crippen molar-refractivity contribution in [3.05, 3.63) is 88.5 Å². The van der Waals surface area contributed by atoms with Crippen molar-refractivity contribution in [2.45, 2.75) is 6.61 Å². The van der Waals surface area contributed by atoms with E-state index in [9.17, 15) is 4.79 Å². The lowest BCUT2D eigenvalue weighted by molar-refractivity contribution is 0.306. The highest BCUT2D eigenvalue weighted by Gasteiger charge is 1.97. The van der Waals surface area contributed by atoms with E-state index in [1.807, 2.05) is 54.6 Å². The SMILES string of the molecule is O=c1nccc(N/N=C/c2cccc(OCc3ccccc3)c2)[nH]1. The molecule has 6 nitrogen and oxygen atoms in total. The summed E-state index contributed by atoms with van der Waals surface area (Å²) in [5, 5.41) is 4.08. The van der Waals surface area contributed by atoms with Gasteiger partial charge in [0.25, 0.3) is 0 Å². The van der Waals surface area contributed by atoms with Gasteiger partial charge in [-0.2, -0.15) is 5.10 Å². The van der Waals surface area contributed by atoms with Crippen LogP contribution in [0.2, 0.25) is 0 Å². The van der Waals surface area contributed by atoms with Crippen molar-refractivity contribution in [1.82, 2.24) is 9.97 Å². The molecule has 0 aliphatic heterocycles. The summed E-state index contributed by atoms with van der Waals surface area (Å²) in [6.07, 6.45) is 3.06. The Morgan fingerprint density at radius 2 is 2.00 bits per heavy atom. The molecule has 6 heteroatoms. The number of nitrogens with zero attached hydrogens (tertiary/aromatic N) is 2. The minimum Gasteiger partial charge on any atom is -0.489 e. The van der Waals surface area contributed by atoms with Crippen LogP contribution in [0.3, 0.4) is 0 Å². The predicted molar refractivity (Wildman–Crippen MR) is 93.3 cm³/mol. The van der Waals surface area contributed by atoms with Crippen molar-refractivity contribution in [2.75, 3.05) is 5.43 Å². The molecule has 2 N–H and O–H groups in total. The zero-order chi connectivity index (χ0) is 16.6. The Balaban J connectivity index is 1.60. The number of rotatable bonds is 6. The van der Waals surface area contributed by atoms with E-state index in [0.717, 1.165) is 16.9 Å². The van der Waals surface area contributed by atoms with Crippen molar-refractivity contribution in [3.8, 4) is 5.75 Å². The normalized spacial score (nSPS) is 10.7. The third-order valence-electron chi connectivity index (χ3n) is 3.18. The predicted octanol–water partition coefficient (Wildman–Crippen LogP) is 2.79. The summed E-state index contributed by atoms with van der Waals surface area (Å²) in [5.41, 5.74) is 4.31. The Hall–Kier alpha value is -3.41. The van der Waals surface area contributed by atoms with Gasteiger partial charge in [0.2, 0.25) is 0 Å². The summed E-state index contributed by atoms with van der Waals surface area (Å²) >= 11 is 0. The average Bonchev–Trinajstić information content (AvgIpc) is 2.61. The molecule has 24 heavy (non-hydrogen) atoms. The molecule has 0 aliphatic carbocycles. The molecule has 0 aliphatic rings. The molecule has 0 atom stereocenters. The van der Waals surface area contributed by atoms with Crippen molar-refractivity contribution in [2.24, 2.45) is 5.10 Å². The maximum atomic E-state index is 11.1. The Kier molecular flexibility index (Phi) is 4.99. The van der Waals surface area contributed by atoms with E-state index in [1.165, 1.54) is 6.20 Å². The minimum absolute atomic E-state index is 0.425. The van der Waals surface area contributed by atoms with E-state index in [0.29, 0.717) is 12.4 Å². The van der Waals surface area contributed by atoms with Crippen molar-refractivity contribution in [3.63, 3.8) is 0 Å². The number of H-pyrrole nitrogens is 1. The van der Waals surface area contributed by atoms with Gasteiger partial charge in [-0.1, -0.05) is 42.5 Å². The number of ether oxygens (including phenoxy) is 1. The zero-order valence-electron chi connectivity index (χ0n) is 12.8. The lowest BCUT2D eigenvalue weighted by atomic mass is 10.2. The van der Waals surface area contributed by atoms with Crippen molar-refractivity contribution in [1.29, 1.82) is 0 Å². The monoisotopic (exact) mass is 320 g/mol. The maximum absolute atomic E-state index is 11.1. The third kappa shape index (κ3) is 4.54. The van der Waals surface area contributed by atoms with Gasteiger partial charge in [0.1, 0.15) is 18.2 Å². The molecule has 0 radical (unpaired) electrons. The first-order valence-electron chi connectivity index (χ1n) is 7.41. The summed E-state index contributed by atoms with van der Waals surface area (Å²) in [6, 6.07) is 19.2. The fourth-order valence-electron chi connectivity index (χ4n) is 2.04. The lowest BCUT2D eigenvalue weighted by Gasteiger charge is -2.06. The standard InChI is InChI=1S/C18H16N4O2/c23-18-19-10-9-17(21-18)22-20-12-15-7-4-8-16(11-15)24-13-14-5-2-1-3-6-14/h1-12H,13H2,(H2,19,21,22,23)/b20-12+. The van der Waals surface area contributed by atoms with Crippen LogP contribution in [0.1, 0.15) is 11.1 Å². The van der Waals surface area contributed by atoms with E-state index in [1.54, 1.807) is 12.3 Å².